The molecule has 1 aromatic rings. The average molecular weight is 369 g/mol. The molecule has 0 unspecified atom stereocenters. The summed E-state index contributed by atoms with van der Waals surface area (Å²) in [6.45, 7) is 7.26. The molecule has 0 spiro atoms. The first kappa shape index (κ1) is 20.1. The Balaban J connectivity index is 1.44. The van der Waals surface area contributed by atoms with E-state index in [1.165, 1.54) is 5.01 Å². The largest absolute Gasteiger partial charge is 0.381 e. The quantitative estimate of drug-likeness (QED) is 0.377. The van der Waals surface area contributed by atoms with E-state index in [2.05, 4.69) is 26.0 Å². The molecule has 0 radical (unpaired) electrons. The molecule has 0 atom stereocenters. The van der Waals surface area contributed by atoms with Crippen LogP contribution in [0.4, 0.5) is 0 Å². The van der Waals surface area contributed by atoms with Gasteiger partial charge >= 0.3 is 0 Å². The van der Waals surface area contributed by atoms with Crippen molar-refractivity contribution < 1.29 is 9.47 Å². The number of nitrogens with one attached hydrogen (secondary N) is 2. The van der Waals surface area contributed by atoms with Gasteiger partial charge in [-0.15, -0.1) is 11.3 Å². The molecule has 1 aliphatic rings. The van der Waals surface area contributed by atoms with Gasteiger partial charge in [-0.25, -0.2) is 4.98 Å². The van der Waals surface area contributed by atoms with Crippen LogP contribution in [-0.2, 0) is 15.9 Å². The number of hydrogen-bond acceptors (Lipinski definition) is 5. The first-order valence-electron chi connectivity index (χ1n) is 9.29. The minimum absolute atomic E-state index is 0.678. The van der Waals surface area contributed by atoms with Crippen LogP contribution in [0.3, 0.4) is 0 Å². The third-order valence-electron chi connectivity index (χ3n) is 4.20. The van der Waals surface area contributed by atoms with E-state index in [0.717, 1.165) is 83.3 Å². The van der Waals surface area contributed by atoms with E-state index in [4.69, 9.17) is 9.47 Å². The molecule has 2 heterocycles. The highest BCUT2D eigenvalue weighted by atomic mass is 32.1. The van der Waals surface area contributed by atoms with Crippen LogP contribution in [0.5, 0.6) is 0 Å². The normalized spacial score (nSPS) is 16.2. The lowest BCUT2D eigenvalue weighted by molar-refractivity contribution is 0.0203. The molecule has 2 N–H and O–H groups in total. The smallest absolute Gasteiger partial charge is 0.190 e. The third kappa shape index (κ3) is 8.65. The van der Waals surface area contributed by atoms with Crippen LogP contribution in [0.25, 0.3) is 0 Å². The van der Waals surface area contributed by atoms with Crippen LogP contribution in [0, 0.1) is 12.8 Å². The van der Waals surface area contributed by atoms with Crippen molar-refractivity contribution in [1.82, 2.24) is 15.6 Å². The molecule has 6 nitrogen and oxygen atoms in total. The summed E-state index contributed by atoms with van der Waals surface area (Å²) in [5, 5.41) is 10.0. The maximum absolute atomic E-state index is 5.78. The summed E-state index contributed by atoms with van der Waals surface area (Å²) in [7, 11) is 1.81. The molecule has 2 rings (SSSR count). The number of guanidine groups is 1. The second kappa shape index (κ2) is 12.2. The van der Waals surface area contributed by atoms with Gasteiger partial charge in [-0.05, 0) is 38.5 Å². The second-order valence-corrected chi connectivity index (χ2v) is 7.34. The molecule has 0 saturated carbocycles. The van der Waals surface area contributed by atoms with Crippen LogP contribution >= 0.6 is 11.3 Å². The molecule has 142 valence electrons. The second-order valence-electron chi connectivity index (χ2n) is 6.40. The fraction of sp³-hybridized carbons (Fsp3) is 0.778. The number of ether oxygens (including phenoxy) is 2. The van der Waals surface area contributed by atoms with Crippen LogP contribution < -0.4 is 10.6 Å². The predicted molar refractivity (Wildman–Crippen MR) is 104 cm³/mol. The summed E-state index contributed by atoms with van der Waals surface area (Å²) < 4.78 is 11.1. The number of rotatable bonds is 10. The maximum atomic E-state index is 5.78. The molecule has 1 aromatic heterocycles. The maximum Gasteiger partial charge on any atom is 0.190 e. The van der Waals surface area contributed by atoms with Crippen molar-refractivity contribution in [3.8, 4) is 0 Å². The molecule has 1 aliphatic heterocycles. The predicted octanol–water partition coefficient (Wildman–Crippen LogP) is 2.38. The summed E-state index contributed by atoms with van der Waals surface area (Å²) in [6, 6.07) is 0. The van der Waals surface area contributed by atoms with Crippen LogP contribution in [0.15, 0.2) is 10.4 Å². The zero-order valence-electron chi connectivity index (χ0n) is 15.6. The van der Waals surface area contributed by atoms with Gasteiger partial charge in [-0.2, -0.15) is 0 Å². The highest BCUT2D eigenvalue weighted by Crippen LogP contribution is 2.14. The molecule has 0 aliphatic carbocycles. The SMILES string of the molecule is CN=C(NCCCOCC1CCOCC1)NCCCc1nc(C)cs1. The molecular weight excluding hydrogens is 336 g/mol. The number of thiazole rings is 1. The summed E-state index contributed by atoms with van der Waals surface area (Å²) in [5.41, 5.74) is 1.12. The Bertz CT molecular complexity index is 501. The van der Waals surface area contributed by atoms with Gasteiger partial charge in [0.1, 0.15) is 0 Å². The van der Waals surface area contributed by atoms with Gasteiger partial charge in [-0.1, -0.05) is 0 Å². The first-order chi connectivity index (χ1) is 12.3. The van der Waals surface area contributed by atoms with Crippen molar-refractivity contribution in [1.29, 1.82) is 0 Å². The Labute approximate surface area is 155 Å². The summed E-state index contributed by atoms with van der Waals surface area (Å²) in [5.74, 6) is 1.54. The molecule has 25 heavy (non-hydrogen) atoms. The van der Waals surface area contributed by atoms with Crippen molar-refractivity contribution in [3.63, 3.8) is 0 Å². The Morgan fingerprint density at radius 2 is 2.08 bits per heavy atom. The third-order valence-corrected chi connectivity index (χ3v) is 5.23. The Morgan fingerprint density at radius 3 is 2.76 bits per heavy atom. The fourth-order valence-electron chi connectivity index (χ4n) is 2.73. The fourth-order valence-corrected chi connectivity index (χ4v) is 3.55. The molecule has 1 fully saturated rings. The number of aromatic nitrogens is 1. The van der Waals surface area contributed by atoms with E-state index in [-0.39, 0.29) is 0 Å². The number of aryl methyl sites for hydroxylation is 2. The molecule has 0 amide bonds. The monoisotopic (exact) mass is 368 g/mol. The van der Waals surface area contributed by atoms with Crippen molar-refractivity contribution in [2.24, 2.45) is 10.9 Å². The standard InChI is InChI=1S/C18H32N4O2S/c1-15-14-25-17(22-15)5-3-8-20-18(19-2)21-9-4-10-24-13-16-6-11-23-12-7-16/h14,16H,3-13H2,1-2H3,(H2,19,20,21). The molecular formula is C18H32N4O2S. The van der Waals surface area contributed by atoms with Crippen molar-refractivity contribution in [2.75, 3.05) is 46.6 Å². The molecule has 7 heteroatoms. The van der Waals surface area contributed by atoms with Crippen LogP contribution in [0.2, 0.25) is 0 Å². The molecule has 0 aromatic carbocycles. The summed E-state index contributed by atoms with van der Waals surface area (Å²) in [4.78, 5) is 8.74. The van der Waals surface area contributed by atoms with E-state index in [1.807, 2.05) is 6.92 Å². The first-order valence-corrected chi connectivity index (χ1v) is 10.2. The lowest BCUT2D eigenvalue weighted by Gasteiger charge is -2.21. The lowest BCUT2D eigenvalue weighted by atomic mass is 10.0. The van der Waals surface area contributed by atoms with Gasteiger partial charge in [0, 0.05) is 64.1 Å². The highest BCUT2D eigenvalue weighted by molar-refractivity contribution is 7.09. The minimum Gasteiger partial charge on any atom is -0.381 e. The van der Waals surface area contributed by atoms with Gasteiger partial charge in [0.15, 0.2) is 5.96 Å². The van der Waals surface area contributed by atoms with Gasteiger partial charge in [0.2, 0.25) is 0 Å². The highest BCUT2D eigenvalue weighted by Gasteiger charge is 2.13. The van der Waals surface area contributed by atoms with E-state index in [1.54, 1.807) is 18.4 Å². The van der Waals surface area contributed by atoms with Crippen LogP contribution in [-0.4, -0.2) is 57.5 Å². The van der Waals surface area contributed by atoms with Gasteiger partial charge < -0.3 is 20.1 Å². The van der Waals surface area contributed by atoms with Crippen molar-refractivity contribution >= 4 is 17.3 Å². The summed E-state index contributed by atoms with van der Waals surface area (Å²) >= 11 is 1.74. The lowest BCUT2D eigenvalue weighted by Crippen LogP contribution is -2.38. The average Bonchev–Trinajstić information content (AvgIpc) is 3.05. The molecule has 0 bridgehead atoms. The van der Waals surface area contributed by atoms with E-state index in [9.17, 15) is 0 Å². The van der Waals surface area contributed by atoms with Crippen LogP contribution in [0.1, 0.15) is 36.4 Å². The minimum atomic E-state index is 0.678. The topological polar surface area (TPSA) is 67.8 Å². The van der Waals surface area contributed by atoms with Gasteiger partial charge in [0.05, 0.1) is 5.01 Å². The van der Waals surface area contributed by atoms with E-state index in [0.29, 0.717) is 5.92 Å². The van der Waals surface area contributed by atoms with E-state index >= 15 is 0 Å². The zero-order chi connectivity index (χ0) is 17.7. The summed E-state index contributed by atoms with van der Waals surface area (Å²) in [6.07, 6.45) is 5.33. The zero-order valence-corrected chi connectivity index (χ0v) is 16.4. The Kier molecular flexibility index (Phi) is 9.84. The molecule has 1 saturated heterocycles. The van der Waals surface area contributed by atoms with Gasteiger partial charge in [-0.3, -0.25) is 4.99 Å². The number of aliphatic imine (C=N–C) groups is 1. The van der Waals surface area contributed by atoms with E-state index < -0.39 is 0 Å². The van der Waals surface area contributed by atoms with Crippen molar-refractivity contribution in [3.05, 3.63) is 16.1 Å². The Hall–Kier alpha value is -1.18. The number of hydrogen-bond donors (Lipinski definition) is 2. The Morgan fingerprint density at radius 1 is 1.32 bits per heavy atom. The van der Waals surface area contributed by atoms with Crippen molar-refractivity contribution in [2.45, 2.75) is 39.0 Å². The van der Waals surface area contributed by atoms with Gasteiger partial charge in [0.25, 0.3) is 0 Å². The number of nitrogens with zero attached hydrogens (tertiary/aromatic N) is 2.